The van der Waals surface area contributed by atoms with Gasteiger partial charge in [-0.3, -0.25) is 0 Å². The third-order valence-electron chi connectivity index (χ3n) is 3.17. The summed E-state index contributed by atoms with van der Waals surface area (Å²) in [5, 5.41) is 3.01. The third kappa shape index (κ3) is 3.09. The Morgan fingerprint density at radius 1 is 1.58 bits per heavy atom. The van der Waals surface area contributed by atoms with Crippen molar-refractivity contribution < 1.29 is 8.42 Å². The number of hydrogen-bond acceptors (Lipinski definition) is 4. The van der Waals surface area contributed by atoms with Crippen LogP contribution in [0.15, 0.2) is 21.6 Å². The highest BCUT2D eigenvalue weighted by Crippen LogP contribution is 2.29. The third-order valence-corrected chi connectivity index (χ3v) is 5.48. The molecule has 0 amide bonds. The molecule has 0 saturated carbocycles. The number of anilines is 1. The summed E-state index contributed by atoms with van der Waals surface area (Å²) < 4.78 is 27.5. The predicted octanol–water partition coefficient (Wildman–Crippen LogP) is 2.31. The zero-order valence-electron chi connectivity index (χ0n) is 11.1. The number of halogens is 1. The fourth-order valence-electron chi connectivity index (χ4n) is 2.17. The van der Waals surface area contributed by atoms with Gasteiger partial charge >= 0.3 is 0 Å². The molecule has 1 unspecified atom stereocenters. The SMILES string of the molecule is CCNc1ncc(Br)cc1S(=O)(=O)N1CCC(C)C1. The van der Waals surface area contributed by atoms with E-state index in [2.05, 4.69) is 33.2 Å². The fraction of sp³-hybridized carbons (Fsp3) is 0.583. The van der Waals surface area contributed by atoms with Crippen LogP contribution in [0, 0.1) is 5.92 Å². The van der Waals surface area contributed by atoms with Crippen LogP contribution in [0.1, 0.15) is 20.3 Å². The molecule has 7 heteroatoms. The summed E-state index contributed by atoms with van der Waals surface area (Å²) >= 11 is 3.29. The van der Waals surface area contributed by atoms with Gasteiger partial charge in [-0.1, -0.05) is 6.92 Å². The zero-order valence-corrected chi connectivity index (χ0v) is 13.5. The van der Waals surface area contributed by atoms with E-state index in [4.69, 9.17) is 0 Å². The molecule has 1 fully saturated rings. The highest BCUT2D eigenvalue weighted by Gasteiger charge is 2.32. The highest BCUT2D eigenvalue weighted by molar-refractivity contribution is 9.10. The average Bonchev–Trinajstić information content (AvgIpc) is 2.79. The Labute approximate surface area is 122 Å². The number of hydrogen-bond donors (Lipinski definition) is 1. The summed E-state index contributed by atoms with van der Waals surface area (Å²) in [5.74, 6) is 0.836. The average molecular weight is 348 g/mol. The van der Waals surface area contributed by atoms with Gasteiger partial charge in [-0.25, -0.2) is 13.4 Å². The lowest BCUT2D eigenvalue weighted by atomic mass is 10.2. The lowest BCUT2D eigenvalue weighted by Crippen LogP contribution is -2.29. The summed E-state index contributed by atoms with van der Waals surface area (Å²) in [4.78, 5) is 4.41. The summed E-state index contributed by atoms with van der Waals surface area (Å²) in [7, 11) is -3.47. The summed E-state index contributed by atoms with van der Waals surface area (Å²) in [6.45, 7) is 5.79. The van der Waals surface area contributed by atoms with Crippen molar-refractivity contribution in [1.29, 1.82) is 0 Å². The lowest BCUT2D eigenvalue weighted by Gasteiger charge is -2.18. The molecule has 0 spiro atoms. The molecular formula is C12H18BrN3O2S. The van der Waals surface area contributed by atoms with E-state index >= 15 is 0 Å². The van der Waals surface area contributed by atoms with E-state index in [1.54, 1.807) is 16.6 Å². The Balaban J connectivity index is 2.41. The highest BCUT2D eigenvalue weighted by atomic mass is 79.9. The molecule has 1 atom stereocenters. The first-order valence-corrected chi connectivity index (χ1v) is 8.58. The smallest absolute Gasteiger partial charge is 0.246 e. The number of aromatic nitrogens is 1. The van der Waals surface area contributed by atoms with E-state index in [-0.39, 0.29) is 4.90 Å². The van der Waals surface area contributed by atoms with Gasteiger partial charge in [0.2, 0.25) is 10.0 Å². The normalized spacial score (nSPS) is 20.7. The number of pyridine rings is 1. The van der Waals surface area contributed by atoms with Gasteiger partial charge in [-0.2, -0.15) is 4.31 Å². The van der Waals surface area contributed by atoms with Gasteiger partial charge in [0.25, 0.3) is 0 Å². The van der Waals surface area contributed by atoms with Crippen molar-refractivity contribution in [2.24, 2.45) is 5.92 Å². The molecule has 0 aromatic carbocycles. The van der Waals surface area contributed by atoms with E-state index in [9.17, 15) is 8.42 Å². The van der Waals surface area contributed by atoms with Crippen molar-refractivity contribution in [3.63, 3.8) is 0 Å². The molecule has 1 aromatic rings. The molecule has 0 bridgehead atoms. The van der Waals surface area contributed by atoms with Crippen LogP contribution in [0.4, 0.5) is 5.82 Å². The zero-order chi connectivity index (χ0) is 14.0. The first-order chi connectivity index (χ1) is 8.95. The topological polar surface area (TPSA) is 62.3 Å². The van der Waals surface area contributed by atoms with Crippen LogP contribution in [-0.2, 0) is 10.0 Å². The second-order valence-electron chi connectivity index (χ2n) is 4.79. The van der Waals surface area contributed by atoms with Gasteiger partial charge in [0, 0.05) is 30.3 Å². The minimum Gasteiger partial charge on any atom is -0.369 e. The predicted molar refractivity (Wildman–Crippen MR) is 78.6 cm³/mol. The summed E-state index contributed by atoms with van der Waals surface area (Å²) in [5.41, 5.74) is 0. The van der Waals surface area contributed by atoms with E-state index < -0.39 is 10.0 Å². The van der Waals surface area contributed by atoms with Gasteiger partial charge in [-0.05, 0) is 41.3 Å². The maximum Gasteiger partial charge on any atom is 0.246 e. The second kappa shape index (κ2) is 5.76. The first-order valence-electron chi connectivity index (χ1n) is 6.34. The molecule has 5 nitrogen and oxygen atoms in total. The lowest BCUT2D eigenvalue weighted by molar-refractivity contribution is 0.464. The summed E-state index contributed by atoms with van der Waals surface area (Å²) in [6, 6.07) is 1.61. The van der Waals surface area contributed by atoms with Crippen molar-refractivity contribution in [2.45, 2.75) is 25.2 Å². The van der Waals surface area contributed by atoms with Crippen molar-refractivity contribution in [1.82, 2.24) is 9.29 Å². The number of nitrogens with one attached hydrogen (secondary N) is 1. The number of sulfonamides is 1. The molecular weight excluding hydrogens is 330 g/mol. The minimum atomic E-state index is -3.47. The van der Waals surface area contributed by atoms with Gasteiger partial charge in [-0.15, -0.1) is 0 Å². The molecule has 0 aliphatic carbocycles. The Morgan fingerprint density at radius 3 is 2.89 bits per heavy atom. The van der Waals surface area contributed by atoms with Crippen LogP contribution in [0.5, 0.6) is 0 Å². The molecule has 0 radical (unpaired) electrons. The van der Waals surface area contributed by atoms with Crippen LogP contribution < -0.4 is 5.32 Å². The van der Waals surface area contributed by atoms with Crippen LogP contribution in [0.25, 0.3) is 0 Å². The Bertz CT molecular complexity index is 562. The first kappa shape index (κ1) is 14.7. The number of rotatable bonds is 4. The molecule has 1 N–H and O–H groups in total. The van der Waals surface area contributed by atoms with Gasteiger partial charge in [0.15, 0.2) is 0 Å². The van der Waals surface area contributed by atoms with Crippen molar-refractivity contribution in [3.05, 3.63) is 16.7 Å². The van der Waals surface area contributed by atoms with Crippen LogP contribution >= 0.6 is 15.9 Å². The Morgan fingerprint density at radius 2 is 2.32 bits per heavy atom. The molecule has 19 heavy (non-hydrogen) atoms. The second-order valence-corrected chi connectivity index (χ2v) is 7.61. The largest absolute Gasteiger partial charge is 0.369 e. The molecule has 106 valence electrons. The fourth-order valence-corrected chi connectivity index (χ4v) is 4.37. The van der Waals surface area contributed by atoms with E-state index in [0.29, 0.717) is 35.8 Å². The van der Waals surface area contributed by atoms with Gasteiger partial charge < -0.3 is 5.32 Å². The monoisotopic (exact) mass is 347 g/mol. The minimum absolute atomic E-state index is 0.248. The van der Waals surface area contributed by atoms with Gasteiger partial charge in [0.05, 0.1) is 0 Å². The van der Waals surface area contributed by atoms with E-state index in [1.807, 2.05) is 6.92 Å². The Hall–Kier alpha value is -0.660. The van der Waals surface area contributed by atoms with Crippen LogP contribution in [0.2, 0.25) is 0 Å². The Kier molecular flexibility index (Phi) is 4.47. The quantitative estimate of drug-likeness (QED) is 0.907. The molecule has 2 rings (SSSR count). The van der Waals surface area contributed by atoms with E-state index in [0.717, 1.165) is 6.42 Å². The van der Waals surface area contributed by atoms with Crippen molar-refractivity contribution in [3.8, 4) is 0 Å². The molecule has 1 aromatic heterocycles. The van der Waals surface area contributed by atoms with Crippen molar-refractivity contribution in [2.75, 3.05) is 25.0 Å². The van der Waals surface area contributed by atoms with E-state index in [1.165, 1.54) is 0 Å². The van der Waals surface area contributed by atoms with Crippen LogP contribution in [0.3, 0.4) is 0 Å². The molecule has 1 aliphatic rings. The van der Waals surface area contributed by atoms with Crippen molar-refractivity contribution >= 4 is 31.8 Å². The maximum atomic E-state index is 12.7. The van der Waals surface area contributed by atoms with Gasteiger partial charge in [0.1, 0.15) is 10.7 Å². The molecule has 1 saturated heterocycles. The molecule has 2 heterocycles. The molecule has 1 aliphatic heterocycles. The maximum absolute atomic E-state index is 12.7. The number of nitrogens with zero attached hydrogens (tertiary/aromatic N) is 2. The van der Waals surface area contributed by atoms with Crippen LogP contribution in [-0.4, -0.2) is 37.3 Å². The standard InChI is InChI=1S/C12H18BrN3O2S/c1-3-14-12-11(6-10(13)7-15-12)19(17,18)16-5-4-9(2)8-16/h6-7,9H,3-5,8H2,1-2H3,(H,14,15). The summed E-state index contributed by atoms with van der Waals surface area (Å²) in [6.07, 6.45) is 2.51.